The smallest absolute Gasteiger partial charge is 0.169 e. The molecule has 1 heterocycles. The molecule has 0 bridgehead atoms. The summed E-state index contributed by atoms with van der Waals surface area (Å²) >= 11 is 0. The topological polar surface area (TPSA) is 73.1 Å². The van der Waals surface area contributed by atoms with E-state index in [9.17, 15) is 0 Å². The minimum Gasteiger partial charge on any atom is -0.381 e. The number of methoxy groups -OCH3 is 1. The third kappa shape index (κ3) is 2.02. The molecule has 1 aromatic heterocycles. The fourth-order valence-corrected chi connectivity index (χ4v) is 1.75. The Labute approximate surface area is 89.1 Å². The molecule has 2 rings (SSSR count). The molecule has 1 fully saturated rings. The summed E-state index contributed by atoms with van der Waals surface area (Å²) < 4.78 is 5.48. The standard InChI is InChI=1S/C10H16N4O/c1-15-10(3-2-4-10)7-14-9-8(11)12-5-6-13-9/h5-6H,2-4,7H2,1H3,(H2,11,12)(H,13,14). The first-order valence-corrected chi connectivity index (χ1v) is 5.11. The van der Waals surface area contributed by atoms with E-state index in [4.69, 9.17) is 10.5 Å². The first kappa shape index (κ1) is 10.2. The Morgan fingerprint density at radius 1 is 1.47 bits per heavy atom. The van der Waals surface area contributed by atoms with Crippen LogP contribution in [0.4, 0.5) is 11.6 Å². The van der Waals surface area contributed by atoms with Crippen molar-refractivity contribution in [3.63, 3.8) is 0 Å². The monoisotopic (exact) mass is 208 g/mol. The first-order chi connectivity index (χ1) is 7.26. The molecule has 3 N–H and O–H groups in total. The number of hydrogen-bond acceptors (Lipinski definition) is 5. The maximum atomic E-state index is 5.67. The second kappa shape index (κ2) is 4.02. The lowest BCUT2D eigenvalue weighted by molar-refractivity contribution is -0.0601. The zero-order valence-electron chi connectivity index (χ0n) is 8.86. The second-order valence-corrected chi connectivity index (χ2v) is 3.88. The fraction of sp³-hybridized carbons (Fsp3) is 0.600. The van der Waals surface area contributed by atoms with Crippen molar-refractivity contribution in [1.29, 1.82) is 0 Å². The molecule has 82 valence electrons. The summed E-state index contributed by atoms with van der Waals surface area (Å²) in [5.41, 5.74) is 5.65. The molecule has 0 radical (unpaired) electrons. The molecule has 1 aliphatic carbocycles. The van der Waals surface area contributed by atoms with Crippen molar-refractivity contribution in [1.82, 2.24) is 9.97 Å². The van der Waals surface area contributed by atoms with Gasteiger partial charge in [-0.15, -0.1) is 0 Å². The molecule has 1 saturated carbocycles. The van der Waals surface area contributed by atoms with E-state index in [-0.39, 0.29) is 5.60 Å². The molecule has 0 aromatic carbocycles. The van der Waals surface area contributed by atoms with Gasteiger partial charge in [0.25, 0.3) is 0 Å². The van der Waals surface area contributed by atoms with Crippen LogP contribution in [0.3, 0.4) is 0 Å². The molecule has 0 atom stereocenters. The lowest BCUT2D eigenvalue weighted by Crippen LogP contribution is -2.45. The maximum absolute atomic E-state index is 5.67. The van der Waals surface area contributed by atoms with Crippen molar-refractivity contribution in [3.8, 4) is 0 Å². The van der Waals surface area contributed by atoms with Gasteiger partial charge in [0.1, 0.15) is 0 Å². The molecule has 0 saturated heterocycles. The summed E-state index contributed by atoms with van der Waals surface area (Å²) in [5, 5.41) is 3.18. The summed E-state index contributed by atoms with van der Waals surface area (Å²) in [6.45, 7) is 0.742. The molecule has 0 aliphatic heterocycles. The number of aromatic nitrogens is 2. The van der Waals surface area contributed by atoms with Crippen LogP contribution in [0.25, 0.3) is 0 Å². The third-order valence-electron chi connectivity index (χ3n) is 3.00. The van der Waals surface area contributed by atoms with Crippen LogP contribution < -0.4 is 11.1 Å². The molecule has 0 spiro atoms. The zero-order chi connectivity index (χ0) is 10.7. The van der Waals surface area contributed by atoms with Crippen LogP contribution in [0.2, 0.25) is 0 Å². The average Bonchev–Trinajstić information content (AvgIpc) is 2.19. The Bertz CT molecular complexity index is 332. The Morgan fingerprint density at radius 3 is 2.73 bits per heavy atom. The number of nitrogens with zero attached hydrogens (tertiary/aromatic N) is 2. The molecule has 0 unspecified atom stereocenters. The highest BCUT2D eigenvalue weighted by molar-refractivity contribution is 5.55. The Hall–Kier alpha value is -1.36. The number of ether oxygens (including phenoxy) is 1. The van der Waals surface area contributed by atoms with Crippen LogP contribution in [-0.4, -0.2) is 29.2 Å². The lowest BCUT2D eigenvalue weighted by Gasteiger charge is -2.40. The molecular weight excluding hydrogens is 192 g/mol. The van der Waals surface area contributed by atoms with E-state index in [1.165, 1.54) is 6.42 Å². The maximum Gasteiger partial charge on any atom is 0.169 e. The van der Waals surface area contributed by atoms with Crippen molar-refractivity contribution in [2.24, 2.45) is 0 Å². The van der Waals surface area contributed by atoms with E-state index >= 15 is 0 Å². The van der Waals surface area contributed by atoms with Gasteiger partial charge in [0, 0.05) is 26.0 Å². The first-order valence-electron chi connectivity index (χ1n) is 5.11. The lowest BCUT2D eigenvalue weighted by atomic mass is 9.80. The predicted octanol–water partition coefficient (Wildman–Crippen LogP) is 1.04. The van der Waals surface area contributed by atoms with Crippen molar-refractivity contribution < 1.29 is 4.74 Å². The van der Waals surface area contributed by atoms with Gasteiger partial charge in [-0.1, -0.05) is 0 Å². The zero-order valence-corrected chi connectivity index (χ0v) is 8.86. The van der Waals surface area contributed by atoms with Gasteiger partial charge in [-0.05, 0) is 19.3 Å². The summed E-state index contributed by atoms with van der Waals surface area (Å²) in [7, 11) is 1.75. The van der Waals surface area contributed by atoms with Crippen LogP contribution in [0.15, 0.2) is 12.4 Å². The average molecular weight is 208 g/mol. The number of anilines is 2. The predicted molar refractivity (Wildman–Crippen MR) is 58.5 cm³/mol. The molecular formula is C10H16N4O. The van der Waals surface area contributed by atoms with Crippen LogP contribution in [0, 0.1) is 0 Å². The number of hydrogen-bond donors (Lipinski definition) is 2. The van der Waals surface area contributed by atoms with Crippen molar-refractivity contribution in [3.05, 3.63) is 12.4 Å². The highest BCUT2D eigenvalue weighted by atomic mass is 16.5. The Balaban J connectivity index is 1.95. The van der Waals surface area contributed by atoms with Gasteiger partial charge >= 0.3 is 0 Å². The van der Waals surface area contributed by atoms with Gasteiger partial charge in [-0.25, -0.2) is 9.97 Å². The van der Waals surface area contributed by atoms with Gasteiger partial charge in [-0.2, -0.15) is 0 Å². The van der Waals surface area contributed by atoms with E-state index in [1.54, 1.807) is 19.5 Å². The van der Waals surface area contributed by atoms with Crippen LogP contribution in [-0.2, 0) is 4.74 Å². The van der Waals surface area contributed by atoms with Gasteiger partial charge in [0.05, 0.1) is 5.60 Å². The van der Waals surface area contributed by atoms with Crippen molar-refractivity contribution >= 4 is 11.6 Å². The Kier molecular flexibility index (Phi) is 2.73. The highest BCUT2D eigenvalue weighted by Gasteiger charge is 2.36. The molecule has 5 heteroatoms. The molecule has 15 heavy (non-hydrogen) atoms. The summed E-state index contributed by atoms with van der Waals surface area (Å²) in [5.74, 6) is 1.07. The largest absolute Gasteiger partial charge is 0.381 e. The number of nitrogens with one attached hydrogen (secondary N) is 1. The third-order valence-corrected chi connectivity index (χ3v) is 3.00. The molecule has 1 aliphatic rings. The van der Waals surface area contributed by atoms with Gasteiger partial charge in [-0.3, -0.25) is 0 Å². The van der Waals surface area contributed by atoms with Crippen LogP contribution in [0.5, 0.6) is 0 Å². The van der Waals surface area contributed by atoms with E-state index < -0.39 is 0 Å². The number of nitrogens with two attached hydrogens (primary N) is 1. The van der Waals surface area contributed by atoms with E-state index in [0.717, 1.165) is 19.4 Å². The quantitative estimate of drug-likeness (QED) is 0.773. The summed E-state index contributed by atoms with van der Waals surface area (Å²) in [6.07, 6.45) is 6.62. The highest BCUT2D eigenvalue weighted by Crippen LogP contribution is 2.35. The van der Waals surface area contributed by atoms with Crippen LogP contribution >= 0.6 is 0 Å². The SMILES string of the molecule is COC1(CNc2nccnc2N)CCC1. The normalized spacial score (nSPS) is 18.2. The summed E-state index contributed by atoms with van der Waals surface area (Å²) in [6, 6.07) is 0. The van der Waals surface area contributed by atoms with Crippen molar-refractivity contribution in [2.45, 2.75) is 24.9 Å². The fourth-order valence-electron chi connectivity index (χ4n) is 1.75. The van der Waals surface area contributed by atoms with E-state index in [2.05, 4.69) is 15.3 Å². The minimum atomic E-state index is -0.0238. The molecule has 1 aromatic rings. The van der Waals surface area contributed by atoms with Gasteiger partial charge < -0.3 is 15.8 Å². The van der Waals surface area contributed by atoms with E-state index in [1.807, 2.05) is 0 Å². The second-order valence-electron chi connectivity index (χ2n) is 3.88. The van der Waals surface area contributed by atoms with Gasteiger partial charge in [0.15, 0.2) is 11.6 Å². The Morgan fingerprint density at radius 2 is 2.20 bits per heavy atom. The van der Waals surface area contributed by atoms with Crippen LogP contribution in [0.1, 0.15) is 19.3 Å². The number of nitrogen functional groups attached to an aromatic ring is 1. The van der Waals surface area contributed by atoms with Crippen molar-refractivity contribution in [2.75, 3.05) is 24.7 Å². The molecule has 0 amide bonds. The number of rotatable bonds is 4. The van der Waals surface area contributed by atoms with Gasteiger partial charge in [0.2, 0.25) is 0 Å². The molecule has 5 nitrogen and oxygen atoms in total. The van der Waals surface area contributed by atoms with E-state index in [0.29, 0.717) is 11.6 Å². The minimum absolute atomic E-state index is 0.0238. The summed E-state index contributed by atoms with van der Waals surface area (Å²) in [4.78, 5) is 8.08.